The van der Waals surface area contributed by atoms with Gasteiger partial charge in [-0.2, -0.15) is 10.1 Å². The number of methoxy groups -OCH3 is 1. The van der Waals surface area contributed by atoms with Crippen LogP contribution < -0.4 is 16.1 Å². The van der Waals surface area contributed by atoms with Gasteiger partial charge >= 0.3 is 11.8 Å². The minimum atomic E-state index is -0.725. The predicted molar refractivity (Wildman–Crippen MR) is 154 cm³/mol. The lowest BCUT2D eigenvalue weighted by atomic mass is 9.85. The molecule has 1 aliphatic rings. The molecule has 6 rings (SSSR count). The fourth-order valence-electron chi connectivity index (χ4n) is 5.46. The van der Waals surface area contributed by atoms with Gasteiger partial charge in [-0.3, -0.25) is 14.8 Å². The Morgan fingerprint density at radius 1 is 1.02 bits per heavy atom. The van der Waals surface area contributed by atoms with Crippen molar-refractivity contribution in [1.82, 2.24) is 25.2 Å². The summed E-state index contributed by atoms with van der Waals surface area (Å²) in [7, 11) is 1.27. The number of carbonyl (C=O) groups is 2. The van der Waals surface area contributed by atoms with Crippen LogP contribution in [0.5, 0.6) is 0 Å². The summed E-state index contributed by atoms with van der Waals surface area (Å²) in [4.78, 5) is 44.2. The summed E-state index contributed by atoms with van der Waals surface area (Å²) >= 11 is 0. The number of nitrogens with zero attached hydrogens (tertiary/aromatic N) is 4. The van der Waals surface area contributed by atoms with Crippen molar-refractivity contribution in [1.29, 1.82) is 0 Å². The third kappa shape index (κ3) is 5.07. The SMILES string of the molecule is COC(=O)N(NC(=O)c1c(CC2CCn3c(n[nH]c3=O)C2)c(-c2ccccc2)nc2ccccc12)c1ccccc1. The van der Waals surface area contributed by atoms with E-state index in [1.807, 2.05) is 60.7 Å². The zero-order valence-corrected chi connectivity index (χ0v) is 22.4. The molecule has 1 aliphatic heterocycles. The monoisotopic (exact) mass is 548 g/mol. The van der Waals surface area contributed by atoms with Crippen molar-refractivity contribution < 1.29 is 14.3 Å². The summed E-state index contributed by atoms with van der Waals surface area (Å²) in [5, 5.41) is 8.52. The van der Waals surface area contributed by atoms with Crippen molar-refractivity contribution in [3.63, 3.8) is 0 Å². The van der Waals surface area contributed by atoms with Crippen LogP contribution in [-0.2, 0) is 24.1 Å². The Morgan fingerprint density at radius 3 is 2.49 bits per heavy atom. The smallest absolute Gasteiger partial charge is 0.433 e. The van der Waals surface area contributed by atoms with Crippen molar-refractivity contribution in [2.24, 2.45) is 5.92 Å². The largest absolute Gasteiger partial charge is 0.451 e. The van der Waals surface area contributed by atoms with Gasteiger partial charge in [-0.15, -0.1) is 0 Å². The lowest BCUT2D eigenvalue weighted by Gasteiger charge is -2.26. The first kappa shape index (κ1) is 26.0. The molecule has 1 atom stereocenters. The number of anilines is 1. The van der Waals surface area contributed by atoms with Crippen LogP contribution in [0.25, 0.3) is 22.2 Å². The number of benzene rings is 3. The zero-order valence-electron chi connectivity index (χ0n) is 22.4. The van der Waals surface area contributed by atoms with Gasteiger partial charge in [-0.25, -0.2) is 19.7 Å². The summed E-state index contributed by atoms with van der Waals surface area (Å²) in [5.41, 5.74) is 6.48. The maximum Gasteiger partial charge on any atom is 0.433 e. The Balaban J connectivity index is 1.49. The number of fused-ring (bicyclic) bond motifs is 2. The summed E-state index contributed by atoms with van der Waals surface area (Å²) in [5.74, 6) is 0.353. The predicted octanol–water partition coefficient (Wildman–Crippen LogP) is 4.51. The van der Waals surface area contributed by atoms with Crippen LogP contribution in [0.1, 0.15) is 28.2 Å². The molecule has 3 aromatic carbocycles. The van der Waals surface area contributed by atoms with E-state index in [-0.39, 0.29) is 11.6 Å². The molecule has 2 N–H and O–H groups in total. The Bertz CT molecular complexity index is 1780. The molecule has 2 aromatic heterocycles. The van der Waals surface area contributed by atoms with Crippen molar-refractivity contribution in [3.8, 4) is 11.3 Å². The molecule has 0 saturated heterocycles. The lowest BCUT2D eigenvalue weighted by molar-refractivity contribution is 0.0941. The maximum absolute atomic E-state index is 14.3. The first-order chi connectivity index (χ1) is 20.0. The molecule has 0 fully saturated rings. The van der Waals surface area contributed by atoms with Crippen LogP contribution in [0, 0.1) is 5.92 Å². The van der Waals surface area contributed by atoms with E-state index in [2.05, 4.69) is 15.6 Å². The highest BCUT2D eigenvalue weighted by molar-refractivity contribution is 6.10. The number of para-hydroxylation sites is 2. The Labute approximate surface area is 235 Å². The number of aromatic nitrogens is 4. The molecule has 0 spiro atoms. The van der Waals surface area contributed by atoms with E-state index in [4.69, 9.17) is 9.72 Å². The Kier molecular flexibility index (Phi) is 7.03. The molecule has 3 heterocycles. The number of hydrogen-bond donors (Lipinski definition) is 2. The molecule has 41 heavy (non-hydrogen) atoms. The van der Waals surface area contributed by atoms with Gasteiger partial charge in [-0.1, -0.05) is 66.7 Å². The Hall–Kier alpha value is -5.25. The van der Waals surface area contributed by atoms with Crippen LogP contribution in [0.3, 0.4) is 0 Å². The van der Waals surface area contributed by atoms with Crippen LogP contribution in [0.4, 0.5) is 10.5 Å². The van der Waals surface area contributed by atoms with Crippen LogP contribution in [0.15, 0.2) is 89.7 Å². The number of H-pyrrole nitrogens is 1. The summed E-state index contributed by atoms with van der Waals surface area (Å²) in [6, 6.07) is 26.0. The zero-order chi connectivity index (χ0) is 28.3. The molecule has 0 saturated carbocycles. The molecule has 10 heteroatoms. The fourth-order valence-corrected chi connectivity index (χ4v) is 5.46. The number of rotatable bonds is 5. The summed E-state index contributed by atoms with van der Waals surface area (Å²) in [6.07, 6.45) is 1.12. The highest BCUT2D eigenvalue weighted by Gasteiger charge is 2.29. The fraction of sp³-hybridized carbons (Fsp3) is 0.194. The third-order valence-corrected chi connectivity index (χ3v) is 7.41. The van der Waals surface area contributed by atoms with Crippen LogP contribution in [0.2, 0.25) is 0 Å². The van der Waals surface area contributed by atoms with Gasteiger partial charge in [0.2, 0.25) is 0 Å². The standard InChI is InChI=1S/C31H28N6O4/c1-41-31(40)37(22-12-6-3-7-13-22)35-29(38)27-23-14-8-9-15-25(23)32-28(21-10-4-2-5-11-21)24(27)18-20-16-17-36-26(19-20)33-34-30(36)39/h2-15,20H,16-19H2,1H3,(H,34,39)(H,35,38). The highest BCUT2D eigenvalue weighted by Crippen LogP contribution is 2.34. The third-order valence-electron chi connectivity index (χ3n) is 7.41. The molecule has 5 aromatic rings. The van der Waals surface area contributed by atoms with Crippen molar-refractivity contribution in [3.05, 3.63) is 112 Å². The first-order valence-electron chi connectivity index (χ1n) is 13.4. The quantitative estimate of drug-likeness (QED) is 0.312. The molecular formula is C31H28N6O4. The normalized spacial score (nSPS) is 14.3. The molecule has 0 radical (unpaired) electrons. The molecule has 1 unspecified atom stereocenters. The number of pyridine rings is 1. The van der Waals surface area contributed by atoms with Gasteiger partial charge in [0.05, 0.1) is 29.6 Å². The number of aromatic amines is 1. The van der Waals surface area contributed by atoms with Gasteiger partial charge in [0.1, 0.15) is 5.82 Å². The highest BCUT2D eigenvalue weighted by atomic mass is 16.5. The molecular weight excluding hydrogens is 520 g/mol. The van der Waals surface area contributed by atoms with Crippen LogP contribution >= 0.6 is 0 Å². The number of hydrazine groups is 1. The molecule has 206 valence electrons. The van der Waals surface area contributed by atoms with E-state index in [1.165, 1.54) is 7.11 Å². The average molecular weight is 549 g/mol. The van der Waals surface area contributed by atoms with Gasteiger partial charge < -0.3 is 4.74 Å². The lowest BCUT2D eigenvalue weighted by Crippen LogP contribution is -2.47. The van der Waals surface area contributed by atoms with Gasteiger partial charge in [0, 0.05) is 23.9 Å². The van der Waals surface area contributed by atoms with E-state index in [9.17, 15) is 14.4 Å². The number of hydrogen-bond acceptors (Lipinski definition) is 6. The average Bonchev–Trinajstić information content (AvgIpc) is 3.39. The first-order valence-corrected chi connectivity index (χ1v) is 13.4. The number of nitrogens with one attached hydrogen (secondary N) is 2. The minimum absolute atomic E-state index is 0.112. The molecule has 2 amide bonds. The van der Waals surface area contributed by atoms with Crippen molar-refractivity contribution in [2.45, 2.75) is 25.8 Å². The second-order valence-corrected chi connectivity index (χ2v) is 9.94. The van der Waals surface area contributed by atoms with E-state index in [0.717, 1.165) is 22.6 Å². The second kappa shape index (κ2) is 11.1. The van der Waals surface area contributed by atoms with Gasteiger partial charge in [0.15, 0.2) is 0 Å². The van der Waals surface area contributed by atoms with E-state index in [1.54, 1.807) is 28.8 Å². The number of carbonyl (C=O) groups excluding carboxylic acids is 2. The van der Waals surface area contributed by atoms with Gasteiger partial charge in [0.25, 0.3) is 5.91 Å². The number of amides is 2. The van der Waals surface area contributed by atoms with E-state index in [0.29, 0.717) is 53.1 Å². The van der Waals surface area contributed by atoms with Crippen molar-refractivity contribution in [2.75, 3.05) is 12.1 Å². The van der Waals surface area contributed by atoms with E-state index < -0.39 is 12.0 Å². The maximum atomic E-state index is 14.3. The van der Waals surface area contributed by atoms with Gasteiger partial charge in [-0.05, 0) is 42.5 Å². The second-order valence-electron chi connectivity index (χ2n) is 9.94. The molecule has 0 bridgehead atoms. The minimum Gasteiger partial charge on any atom is -0.451 e. The topological polar surface area (TPSA) is 122 Å². The van der Waals surface area contributed by atoms with Crippen molar-refractivity contribution >= 4 is 28.6 Å². The molecule has 10 nitrogen and oxygen atoms in total. The summed E-state index contributed by atoms with van der Waals surface area (Å²) in [6.45, 7) is 0.544. The number of ether oxygens (including phenoxy) is 1. The molecule has 0 aliphatic carbocycles. The Morgan fingerprint density at radius 2 is 1.73 bits per heavy atom. The van der Waals surface area contributed by atoms with E-state index >= 15 is 0 Å². The van der Waals surface area contributed by atoms with Crippen LogP contribution in [-0.4, -0.2) is 38.9 Å². The summed E-state index contributed by atoms with van der Waals surface area (Å²) < 4.78 is 6.65.